The summed E-state index contributed by atoms with van der Waals surface area (Å²) in [7, 11) is 0. The highest BCUT2D eigenvalue weighted by atomic mass is 35.5. The molecular formula is C37H44ClFN4O5. The second-order valence-electron chi connectivity index (χ2n) is 14.2. The Bertz CT molecular complexity index is 1830. The zero-order valence-electron chi connectivity index (χ0n) is 28.5. The van der Waals surface area contributed by atoms with Gasteiger partial charge in [-0.25, -0.2) is 14.2 Å². The number of halogens is 2. The Hall–Kier alpha value is -3.73. The van der Waals surface area contributed by atoms with E-state index in [1.54, 1.807) is 28.8 Å². The Morgan fingerprint density at radius 1 is 1.17 bits per heavy atom. The van der Waals surface area contributed by atoms with Crippen molar-refractivity contribution in [2.24, 2.45) is 0 Å². The maximum Gasteiger partial charge on any atom is 0.337 e. The van der Waals surface area contributed by atoms with Gasteiger partial charge in [0.1, 0.15) is 17.4 Å². The number of carboxylic acid groups (broad SMARTS) is 1. The highest BCUT2D eigenvalue weighted by Crippen LogP contribution is 2.42. The number of aliphatic carboxylic acids is 1. The van der Waals surface area contributed by atoms with E-state index in [1.165, 1.54) is 6.07 Å². The van der Waals surface area contributed by atoms with E-state index in [-0.39, 0.29) is 11.7 Å². The molecule has 2 aromatic carbocycles. The number of hydrogen-bond acceptors (Lipinski definition) is 7. The van der Waals surface area contributed by atoms with Crippen LogP contribution in [0.1, 0.15) is 84.1 Å². The number of aryl methyl sites for hydroxylation is 1. The summed E-state index contributed by atoms with van der Waals surface area (Å²) >= 11 is 6.72. The minimum atomic E-state index is -1.28. The van der Waals surface area contributed by atoms with Crippen LogP contribution in [0.2, 0.25) is 5.02 Å². The normalized spacial score (nSPS) is 21.2. The third-order valence-corrected chi connectivity index (χ3v) is 9.49. The van der Waals surface area contributed by atoms with Gasteiger partial charge in [-0.15, -0.1) is 0 Å². The molecule has 1 N–H and O–H groups in total. The van der Waals surface area contributed by atoms with E-state index in [4.69, 9.17) is 35.9 Å². The molecular weight excluding hydrogens is 635 g/mol. The molecule has 9 nitrogen and oxygen atoms in total. The number of anilines is 1. The predicted octanol–water partition coefficient (Wildman–Crippen LogP) is 8.43. The van der Waals surface area contributed by atoms with Gasteiger partial charge in [0.2, 0.25) is 0 Å². The predicted molar refractivity (Wildman–Crippen MR) is 185 cm³/mol. The van der Waals surface area contributed by atoms with Gasteiger partial charge in [0.25, 0.3) is 0 Å². The molecule has 0 aliphatic carbocycles. The molecule has 0 amide bonds. The molecule has 2 atom stereocenters. The Kier molecular flexibility index (Phi) is 9.45. The van der Waals surface area contributed by atoms with Gasteiger partial charge >= 0.3 is 5.97 Å². The van der Waals surface area contributed by atoms with Gasteiger partial charge in [-0.3, -0.25) is 0 Å². The zero-order chi connectivity index (χ0) is 34.4. The van der Waals surface area contributed by atoms with Crippen molar-refractivity contribution in [2.75, 3.05) is 24.6 Å². The fourth-order valence-corrected chi connectivity index (χ4v) is 6.93. The number of piperidine rings is 1. The first-order valence-corrected chi connectivity index (χ1v) is 17.1. The van der Waals surface area contributed by atoms with Crippen LogP contribution in [0.4, 0.5) is 10.2 Å². The first kappa shape index (κ1) is 34.1. The number of fused-ring (bicyclic) bond motifs is 8. The van der Waals surface area contributed by atoms with Crippen LogP contribution >= 0.6 is 11.6 Å². The fraction of sp³-hybridized carbons (Fsp3) is 0.486. The summed E-state index contributed by atoms with van der Waals surface area (Å²) in [6.45, 7) is 13.3. The summed E-state index contributed by atoms with van der Waals surface area (Å²) < 4.78 is 36.3. The van der Waals surface area contributed by atoms with Crippen molar-refractivity contribution in [3.63, 3.8) is 0 Å². The average molecular weight is 679 g/mol. The zero-order valence-corrected chi connectivity index (χ0v) is 29.2. The van der Waals surface area contributed by atoms with Crippen molar-refractivity contribution in [3.8, 4) is 28.1 Å². The van der Waals surface area contributed by atoms with Crippen LogP contribution in [0.5, 0.6) is 5.75 Å². The number of benzene rings is 2. The van der Waals surface area contributed by atoms with Crippen molar-refractivity contribution in [1.82, 2.24) is 14.6 Å². The molecule has 0 unspecified atom stereocenters. The molecule has 48 heavy (non-hydrogen) atoms. The third-order valence-electron chi connectivity index (χ3n) is 9.17. The summed E-state index contributed by atoms with van der Waals surface area (Å²) in [5, 5.41) is 15.8. The van der Waals surface area contributed by atoms with Gasteiger partial charge in [-0.05, 0) is 104 Å². The lowest BCUT2D eigenvalue weighted by Gasteiger charge is -2.41. The van der Waals surface area contributed by atoms with Crippen LogP contribution in [0.25, 0.3) is 28.0 Å². The summed E-state index contributed by atoms with van der Waals surface area (Å²) in [5.74, 6) is -0.420. The molecule has 3 aliphatic rings. The molecule has 256 valence electrons. The number of aromatic nitrogens is 3. The average Bonchev–Trinajstić information content (AvgIpc) is 3.43. The number of carbonyl (C=O) groups is 1. The Morgan fingerprint density at radius 2 is 1.92 bits per heavy atom. The van der Waals surface area contributed by atoms with Gasteiger partial charge in [0.15, 0.2) is 11.8 Å². The molecule has 1 saturated heterocycles. The van der Waals surface area contributed by atoms with Crippen molar-refractivity contribution in [3.05, 3.63) is 64.6 Å². The van der Waals surface area contributed by atoms with E-state index in [0.29, 0.717) is 75.6 Å². The van der Waals surface area contributed by atoms with Gasteiger partial charge in [-0.1, -0.05) is 17.7 Å². The number of rotatable bonds is 3. The highest BCUT2D eigenvalue weighted by Gasteiger charge is 2.38. The van der Waals surface area contributed by atoms with Crippen LogP contribution in [-0.2, 0) is 14.3 Å². The van der Waals surface area contributed by atoms with Gasteiger partial charge in [-0.2, -0.15) is 9.61 Å². The lowest BCUT2D eigenvalue weighted by molar-refractivity contribution is -0.160. The number of carboxylic acids is 1. The van der Waals surface area contributed by atoms with E-state index >= 15 is 4.39 Å². The van der Waals surface area contributed by atoms with Crippen LogP contribution in [-0.4, -0.2) is 62.7 Å². The van der Waals surface area contributed by atoms with Crippen LogP contribution in [0, 0.1) is 12.7 Å². The molecule has 2 aromatic heterocycles. The fourth-order valence-electron chi connectivity index (χ4n) is 6.66. The molecule has 4 aromatic rings. The minimum Gasteiger partial charge on any atom is -0.490 e. The van der Waals surface area contributed by atoms with Gasteiger partial charge in [0.05, 0.1) is 33.6 Å². The van der Waals surface area contributed by atoms with Crippen molar-refractivity contribution >= 4 is 29.0 Å². The van der Waals surface area contributed by atoms with E-state index in [1.807, 2.05) is 46.8 Å². The third kappa shape index (κ3) is 7.02. The molecule has 0 spiro atoms. The summed E-state index contributed by atoms with van der Waals surface area (Å²) in [6.07, 6.45) is 2.69. The summed E-state index contributed by atoms with van der Waals surface area (Å²) in [6, 6.07) is 12.0. The first-order valence-electron chi connectivity index (χ1n) is 16.7. The lowest BCUT2D eigenvalue weighted by atomic mass is 9.92. The van der Waals surface area contributed by atoms with Gasteiger partial charge < -0.3 is 24.2 Å². The molecule has 5 heterocycles. The second-order valence-corrected chi connectivity index (χ2v) is 14.6. The number of hydrogen-bond donors (Lipinski definition) is 1. The minimum absolute atomic E-state index is 0.116. The smallest absolute Gasteiger partial charge is 0.337 e. The highest BCUT2D eigenvalue weighted by molar-refractivity contribution is 6.33. The van der Waals surface area contributed by atoms with Gasteiger partial charge in [0, 0.05) is 48.1 Å². The first-order chi connectivity index (χ1) is 22.7. The van der Waals surface area contributed by atoms with E-state index in [9.17, 15) is 9.90 Å². The largest absolute Gasteiger partial charge is 0.490 e. The summed E-state index contributed by atoms with van der Waals surface area (Å²) in [4.78, 5) is 19.8. The SMILES string of the molecule is Cc1nc2cc3nn2c(c1[C@H](OC(C)(C)C)C(=O)O)N1CCC(C)(CC1)OCCCC[C@H](C)Oc1cccc(Cl)c1-c1cc-3ccc1F. The van der Waals surface area contributed by atoms with Crippen molar-refractivity contribution in [1.29, 1.82) is 0 Å². The lowest BCUT2D eigenvalue weighted by Crippen LogP contribution is -2.46. The molecule has 11 heteroatoms. The maximum atomic E-state index is 15.6. The molecule has 7 rings (SSSR count). The molecule has 3 aliphatic heterocycles. The van der Waals surface area contributed by atoms with Crippen molar-refractivity contribution in [2.45, 2.75) is 97.1 Å². The maximum absolute atomic E-state index is 15.6. The monoisotopic (exact) mass is 678 g/mol. The molecule has 6 bridgehead atoms. The number of nitrogens with zero attached hydrogens (tertiary/aromatic N) is 4. The Balaban J connectivity index is 1.56. The van der Waals surface area contributed by atoms with E-state index < -0.39 is 23.5 Å². The Labute approximate surface area is 286 Å². The second kappa shape index (κ2) is 13.3. The van der Waals surface area contributed by atoms with Crippen molar-refractivity contribution < 1.29 is 28.5 Å². The Morgan fingerprint density at radius 3 is 2.62 bits per heavy atom. The molecule has 0 radical (unpaired) electrons. The van der Waals surface area contributed by atoms with E-state index in [2.05, 4.69) is 11.8 Å². The van der Waals surface area contributed by atoms with Crippen LogP contribution in [0.3, 0.4) is 0 Å². The van der Waals surface area contributed by atoms with Crippen LogP contribution in [0.15, 0.2) is 42.5 Å². The summed E-state index contributed by atoms with van der Waals surface area (Å²) in [5.41, 5.74) is 2.45. The van der Waals surface area contributed by atoms with E-state index in [0.717, 1.165) is 32.1 Å². The molecule has 1 fully saturated rings. The standard InChI is InChI=1S/C37H44ClFN4O5/c1-22-10-7-8-19-46-37(6)15-17-42(18-16-37)34-31(33(35(44)45)48-36(3,4)5)23(2)40-30-21-28(41-43(30)34)24-13-14-27(39)25(20-24)32-26(38)11-9-12-29(32)47-22/h9,11-14,20-22,33H,7-8,10,15-19H2,1-6H3,(H,44,45)/t22-,33-/m0/s1. The molecule has 0 saturated carbocycles. The number of ether oxygens (including phenoxy) is 3. The topological polar surface area (TPSA) is 98.4 Å². The quantitative estimate of drug-likeness (QED) is 0.231. The van der Waals surface area contributed by atoms with Crippen LogP contribution < -0.4 is 9.64 Å².